The Morgan fingerprint density at radius 3 is 2.65 bits per heavy atom. The molecule has 0 aliphatic heterocycles. The fourth-order valence-corrected chi connectivity index (χ4v) is 3.32. The minimum atomic E-state index is 0.197. The van der Waals surface area contributed by atoms with E-state index in [1.807, 2.05) is 0 Å². The first-order valence-electron chi connectivity index (χ1n) is 6.59. The van der Waals surface area contributed by atoms with E-state index in [2.05, 4.69) is 54.0 Å². The molecule has 94 valence electrons. The van der Waals surface area contributed by atoms with Crippen molar-refractivity contribution >= 4 is 15.9 Å². The molecule has 1 aliphatic carbocycles. The Morgan fingerprint density at radius 2 is 2.00 bits per heavy atom. The molecular weight excluding hydrogens is 274 g/mol. The molecule has 1 aromatic carbocycles. The molecule has 0 bridgehead atoms. The van der Waals surface area contributed by atoms with Gasteiger partial charge in [0.1, 0.15) is 0 Å². The Bertz CT molecular complexity index is 377. The van der Waals surface area contributed by atoms with Gasteiger partial charge in [0.15, 0.2) is 0 Å². The van der Waals surface area contributed by atoms with E-state index in [0.717, 1.165) is 16.3 Å². The first-order valence-corrected chi connectivity index (χ1v) is 7.38. The maximum atomic E-state index is 6.43. The van der Waals surface area contributed by atoms with Crippen LogP contribution in [0.25, 0.3) is 0 Å². The summed E-state index contributed by atoms with van der Waals surface area (Å²) in [5, 5.41) is 0. The molecule has 1 nitrogen and oxygen atoms in total. The van der Waals surface area contributed by atoms with Crippen LogP contribution in [0, 0.1) is 17.8 Å². The minimum absolute atomic E-state index is 0.197. The lowest BCUT2D eigenvalue weighted by atomic mass is 9.72. The smallest absolute Gasteiger partial charge is 0.0324 e. The molecule has 1 aliphatic rings. The van der Waals surface area contributed by atoms with Crippen molar-refractivity contribution in [1.29, 1.82) is 0 Å². The fourth-order valence-electron chi connectivity index (χ4n) is 2.90. The summed E-state index contributed by atoms with van der Waals surface area (Å²) >= 11 is 3.52. The molecule has 0 radical (unpaired) electrons. The molecule has 0 heterocycles. The number of benzene rings is 1. The van der Waals surface area contributed by atoms with E-state index in [1.54, 1.807) is 0 Å². The lowest BCUT2D eigenvalue weighted by Gasteiger charge is -2.35. The summed E-state index contributed by atoms with van der Waals surface area (Å²) in [5.74, 6) is 2.32. The zero-order valence-electron chi connectivity index (χ0n) is 10.7. The second-order valence-corrected chi connectivity index (χ2v) is 6.52. The van der Waals surface area contributed by atoms with Crippen LogP contribution >= 0.6 is 15.9 Å². The van der Waals surface area contributed by atoms with Gasteiger partial charge in [0.05, 0.1) is 0 Å². The average molecular weight is 296 g/mol. The van der Waals surface area contributed by atoms with Gasteiger partial charge < -0.3 is 5.73 Å². The molecule has 17 heavy (non-hydrogen) atoms. The van der Waals surface area contributed by atoms with Crippen molar-refractivity contribution in [3.63, 3.8) is 0 Å². The molecule has 1 saturated carbocycles. The molecule has 2 heteroatoms. The Labute approximate surface area is 113 Å². The Hall–Kier alpha value is -0.340. The van der Waals surface area contributed by atoms with E-state index >= 15 is 0 Å². The summed E-state index contributed by atoms with van der Waals surface area (Å²) in [4.78, 5) is 0. The van der Waals surface area contributed by atoms with Crippen molar-refractivity contribution in [3.8, 4) is 0 Å². The zero-order chi connectivity index (χ0) is 12.4. The van der Waals surface area contributed by atoms with E-state index in [1.165, 1.54) is 24.8 Å². The molecule has 2 rings (SSSR count). The number of hydrogen-bond donors (Lipinski definition) is 1. The molecule has 0 saturated heterocycles. The number of hydrogen-bond acceptors (Lipinski definition) is 1. The van der Waals surface area contributed by atoms with E-state index in [-0.39, 0.29) is 6.04 Å². The molecule has 0 spiro atoms. The Morgan fingerprint density at radius 1 is 1.24 bits per heavy atom. The van der Waals surface area contributed by atoms with Gasteiger partial charge in [-0.2, -0.15) is 0 Å². The van der Waals surface area contributed by atoms with Crippen molar-refractivity contribution in [2.45, 2.75) is 39.2 Å². The van der Waals surface area contributed by atoms with E-state index in [0.29, 0.717) is 5.92 Å². The van der Waals surface area contributed by atoms with Crippen LogP contribution < -0.4 is 5.73 Å². The highest BCUT2D eigenvalue weighted by atomic mass is 79.9. The van der Waals surface area contributed by atoms with E-state index in [4.69, 9.17) is 5.73 Å². The van der Waals surface area contributed by atoms with E-state index in [9.17, 15) is 0 Å². The van der Waals surface area contributed by atoms with Crippen LogP contribution in [0.5, 0.6) is 0 Å². The number of halogens is 1. The Balaban J connectivity index is 2.07. The van der Waals surface area contributed by atoms with Crippen LogP contribution in [0.4, 0.5) is 0 Å². The van der Waals surface area contributed by atoms with Gasteiger partial charge in [0, 0.05) is 10.5 Å². The topological polar surface area (TPSA) is 26.0 Å². The van der Waals surface area contributed by atoms with Gasteiger partial charge in [0.2, 0.25) is 0 Å². The first-order chi connectivity index (χ1) is 8.08. The molecule has 4 unspecified atom stereocenters. The predicted octanol–water partition coefficient (Wildman–Crippen LogP) is 4.52. The largest absolute Gasteiger partial charge is 0.324 e. The third-order valence-corrected chi connectivity index (χ3v) is 4.87. The highest BCUT2D eigenvalue weighted by Crippen LogP contribution is 2.39. The van der Waals surface area contributed by atoms with Gasteiger partial charge >= 0.3 is 0 Å². The Kier molecular flexibility index (Phi) is 4.26. The molecule has 2 N–H and O–H groups in total. The van der Waals surface area contributed by atoms with Crippen molar-refractivity contribution in [2.75, 3.05) is 0 Å². The summed E-state index contributed by atoms with van der Waals surface area (Å²) in [6.07, 6.45) is 3.88. The fraction of sp³-hybridized carbons (Fsp3) is 0.600. The van der Waals surface area contributed by atoms with Gasteiger partial charge in [-0.15, -0.1) is 0 Å². The highest BCUT2D eigenvalue weighted by molar-refractivity contribution is 9.10. The van der Waals surface area contributed by atoms with Crippen LogP contribution in [0.2, 0.25) is 0 Å². The molecule has 1 fully saturated rings. The van der Waals surface area contributed by atoms with Crippen LogP contribution in [-0.2, 0) is 0 Å². The van der Waals surface area contributed by atoms with E-state index < -0.39 is 0 Å². The number of rotatable bonds is 2. The van der Waals surface area contributed by atoms with Gasteiger partial charge in [-0.3, -0.25) is 0 Å². The minimum Gasteiger partial charge on any atom is -0.324 e. The summed E-state index contributed by atoms with van der Waals surface area (Å²) in [6.45, 7) is 4.73. The lowest BCUT2D eigenvalue weighted by Crippen LogP contribution is -2.29. The van der Waals surface area contributed by atoms with Crippen molar-refractivity contribution in [1.82, 2.24) is 0 Å². The van der Waals surface area contributed by atoms with Gasteiger partial charge in [-0.05, 0) is 48.3 Å². The zero-order valence-corrected chi connectivity index (χ0v) is 12.3. The standard InChI is InChI=1S/C15H22BrN/c1-10-6-7-13(8-11(10)2)15(17)12-4-3-5-14(16)9-12/h3-5,9-11,13,15H,6-8,17H2,1-2H3. The summed E-state index contributed by atoms with van der Waals surface area (Å²) < 4.78 is 1.13. The van der Waals surface area contributed by atoms with Gasteiger partial charge in [-0.25, -0.2) is 0 Å². The van der Waals surface area contributed by atoms with Crippen molar-refractivity contribution in [2.24, 2.45) is 23.5 Å². The van der Waals surface area contributed by atoms with Gasteiger partial charge in [-0.1, -0.05) is 48.3 Å². The highest BCUT2D eigenvalue weighted by Gasteiger charge is 2.29. The summed E-state index contributed by atoms with van der Waals surface area (Å²) in [7, 11) is 0. The molecule has 0 aromatic heterocycles. The molecular formula is C15H22BrN. The second kappa shape index (κ2) is 5.53. The van der Waals surface area contributed by atoms with Crippen molar-refractivity contribution < 1.29 is 0 Å². The number of nitrogens with two attached hydrogens (primary N) is 1. The third-order valence-electron chi connectivity index (χ3n) is 4.38. The van der Waals surface area contributed by atoms with Crippen molar-refractivity contribution in [3.05, 3.63) is 34.3 Å². The van der Waals surface area contributed by atoms with Crippen LogP contribution in [0.1, 0.15) is 44.7 Å². The van der Waals surface area contributed by atoms with Gasteiger partial charge in [0.25, 0.3) is 0 Å². The normalized spacial score (nSPS) is 31.2. The lowest BCUT2D eigenvalue weighted by molar-refractivity contribution is 0.186. The summed E-state index contributed by atoms with van der Waals surface area (Å²) in [6, 6.07) is 8.64. The molecule has 0 amide bonds. The van der Waals surface area contributed by atoms with Crippen LogP contribution in [0.15, 0.2) is 28.7 Å². The SMILES string of the molecule is CC1CCC(C(N)c2cccc(Br)c2)CC1C. The monoisotopic (exact) mass is 295 g/mol. The van der Waals surface area contributed by atoms with Crippen LogP contribution in [-0.4, -0.2) is 0 Å². The average Bonchev–Trinajstić information content (AvgIpc) is 2.32. The first kappa shape index (κ1) is 13.1. The second-order valence-electron chi connectivity index (χ2n) is 5.61. The summed E-state index contributed by atoms with van der Waals surface area (Å²) in [5.41, 5.74) is 7.70. The van der Waals surface area contributed by atoms with Crippen LogP contribution in [0.3, 0.4) is 0 Å². The molecule has 4 atom stereocenters. The quantitative estimate of drug-likeness (QED) is 0.853. The predicted molar refractivity (Wildman–Crippen MR) is 76.7 cm³/mol. The maximum Gasteiger partial charge on any atom is 0.0324 e. The molecule has 1 aromatic rings. The maximum absolute atomic E-state index is 6.43. The third kappa shape index (κ3) is 3.11.